The number of rotatable bonds is 6. The molecule has 5 nitrogen and oxygen atoms in total. The van der Waals surface area contributed by atoms with Crippen LogP contribution in [0.1, 0.15) is 11.1 Å². The lowest BCUT2D eigenvalue weighted by molar-refractivity contribution is -0.121. The number of hydrogen-bond donors (Lipinski definition) is 1. The molecule has 0 aliphatic rings. The minimum Gasteiger partial charge on any atom is -0.493 e. The molecule has 0 fully saturated rings. The van der Waals surface area contributed by atoms with Crippen LogP contribution >= 0.6 is 0 Å². The Morgan fingerprint density at radius 3 is 2.05 bits per heavy atom. The van der Waals surface area contributed by atoms with Crippen LogP contribution in [0.25, 0.3) is 0 Å². The van der Waals surface area contributed by atoms with Gasteiger partial charge >= 0.3 is 0 Å². The van der Waals surface area contributed by atoms with E-state index in [0.717, 1.165) is 0 Å². The number of aliphatic hydroxyl groups is 1. The van der Waals surface area contributed by atoms with E-state index in [0.29, 0.717) is 23.3 Å². The van der Waals surface area contributed by atoms with Crippen molar-refractivity contribution in [2.24, 2.45) is 0 Å². The van der Waals surface area contributed by atoms with Crippen LogP contribution in [0.2, 0.25) is 0 Å². The topological polar surface area (TPSA) is 65.0 Å². The van der Waals surface area contributed by atoms with Crippen molar-refractivity contribution >= 4 is 6.29 Å². The number of hydrogen-bond acceptors (Lipinski definition) is 5. The van der Waals surface area contributed by atoms with Gasteiger partial charge in [-0.3, -0.25) is 4.79 Å². The highest BCUT2D eigenvalue weighted by Gasteiger charge is 2.36. The molecule has 0 saturated heterocycles. The lowest BCUT2D eigenvalue weighted by Crippen LogP contribution is -2.29. The van der Waals surface area contributed by atoms with Crippen molar-refractivity contribution in [1.29, 1.82) is 0 Å². The molecule has 0 bridgehead atoms. The maximum absolute atomic E-state index is 11.7. The van der Waals surface area contributed by atoms with Crippen LogP contribution < -0.4 is 14.2 Å². The maximum Gasteiger partial charge on any atom is 0.203 e. The molecule has 2 rings (SSSR count). The summed E-state index contributed by atoms with van der Waals surface area (Å²) >= 11 is 0. The second-order valence-corrected chi connectivity index (χ2v) is 4.63. The predicted octanol–water partition coefficient (Wildman–Crippen LogP) is 2.15. The number of carbonyl (C=O) groups excluding carboxylic acids is 1. The highest BCUT2D eigenvalue weighted by Crippen LogP contribution is 2.45. The first-order chi connectivity index (χ1) is 10.6. The molecule has 0 spiro atoms. The van der Waals surface area contributed by atoms with Gasteiger partial charge in [0.05, 0.1) is 21.3 Å². The number of benzene rings is 2. The summed E-state index contributed by atoms with van der Waals surface area (Å²) in [5.41, 5.74) is -1.11. The molecule has 0 radical (unpaired) electrons. The Morgan fingerprint density at radius 1 is 0.909 bits per heavy atom. The predicted molar refractivity (Wildman–Crippen MR) is 81.6 cm³/mol. The summed E-state index contributed by atoms with van der Waals surface area (Å²) in [5, 5.41) is 10.9. The standard InChI is InChI=1S/C17H18O5/c1-20-14-10-9-13(15(21-2)16(14)22-3)17(19,11-18)12-7-5-4-6-8-12/h4-11,19H,1-3H3. The number of ether oxygens (including phenoxy) is 3. The van der Waals surface area contributed by atoms with Crippen molar-refractivity contribution in [3.05, 3.63) is 53.6 Å². The summed E-state index contributed by atoms with van der Waals surface area (Å²) in [5.74, 6) is 1.02. The quantitative estimate of drug-likeness (QED) is 0.828. The molecule has 0 aromatic heterocycles. The molecule has 1 atom stereocenters. The average Bonchev–Trinajstić information content (AvgIpc) is 2.60. The molecule has 0 aliphatic heterocycles. The summed E-state index contributed by atoms with van der Waals surface area (Å²) in [4.78, 5) is 11.7. The summed E-state index contributed by atoms with van der Waals surface area (Å²) in [7, 11) is 4.41. The summed E-state index contributed by atoms with van der Waals surface area (Å²) in [6.45, 7) is 0. The van der Waals surface area contributed by atoms with E-state index in [9.17, 15) is 9.90 Å². The van der Waals surface area contributed by atoms with Gasteiger partial charge in [-0.25, -0.2) is 0 Å². The first kappa shape index (κ1) is 15.9. The van der Waals surface area contributed by atoms with Gasteiger partial charge in [0.25, 0.3) is 0 Å². The van der Waals surface area contributed by atoms with Gasteiger partial charge in [0.15, 0.2) is 23.4 Å². The van der Waals surface area contributed by atoms with Gasteiger partial charge in [-0.1, -0.05) is 30.3 Å². The average molecular weight is 302 g/mol. The Hall–Kier alpha value is -2.53. The Kier molecular flexibility index (Phi) is 4.68. The zero-order valence-corrected chi connectivity index (χ0v) is 12.7. The molecule has 0 amide bonds. The van der Waals surface area contributed by atoms with E-state index in [1.807, 2.05) is 0 Å². The highest BCUT2D eigenvalue weighted by atomic mass is 16.5. The molecule has 0 heterocycles. The SMILES string of the molecule is COc1ccc(C(O)(C=O)c2ccccc2)c(OC)c1OC. The van der Waals surface area contributed by atoms with Gasteiger partial charge in [-0.05, 0) is 17.7 Å². The molecular formula is C17H18O5. The maximum atomic E-state index is 11.7. The van der Waals surface area contributed by atoms with Crippen molar-refractivity contribution in [2.75, 3.05) is 21.3 Å². The van der Waals surface area contributed by atoms with Crippen LogP contribution in [0.15, 0.2) is 42.5 Å². The van der Waals surface area contributed by atoms with Gasteiger partial charge in [0.1, 0.15) is 0 Å². The molecule has 0 saturated carbocycles. The Bertz CT molecular complexity index is 654. The van der Waals surface area contributed by atoms with E-state index in [4.69, 9.17) is 14.2 Å². The molecular weight excluding hydrogens is 284 g/mol. The number of carbonyl (C=O) groups is 1. The van der Waals surface area contributed by atoms with Crippen LogP contribution in [0, 0.1) is 0 Å². The molecule has 1 N–H and O–H groups in total. The second-order valence-electron chi connectivity index (χ2n) is 4.63. The van der Waals surface area contributed by atoms with Crippen LogP contribution in [0.5, 0.6) is 17.2 Å². The minimum absolute atomic E-state index is 0.250. The highest BCUT2D eigenvalue weighted by molar-refractivity contribution is 5.76. The van der Waals surface area contributed by atoms with E-state index in [2.05, 4.69) is 0 Å². The molecule has 22 heavy (non-hydrogen) atoms. The molecule has 2 aromatic rings. The zero-order valence-electron chi connectivity index (χ0n) is 12.7. The minimum atomic E-state index is -1.84. The van der Waals surface area contributed by atoms with E-state index in [-0.39, 0.29) is 11.3 Å². The van der Waals surface area contributed by atoms with Gasteiger partial charge < -0.3 is 19.3 Å². The Balaban J connectivity index is 2.71. The van der Waals surface area contributed by atoms with Gasteiger partial charge in [-0.2, -0.15) is 0 Å². The first-order valence-corrected chi connectivity index (χ1v) is 6.66. The lowest BCUT2D eigenvalue weighted by atomic mass is 9.86. The van der Waals surface area contributed by atoms with Gasteiger partial charge in [0, 0.05) is 5.56 Å². The van der Waals surface area contributed by atoms with E-state index in [1.165, 1.54) is 21.3 Å². The summed E-state index contributed by atoms with van der Waals surface area (Å²) in [6, 6.07) is 11.8. The summed E-state index contributed by atoms with van der Waals surface area (Å²) in [6.07, 6.45) is 0.478. The second kappa shape index (κ2) is 6.49. The van der Waals surface area contributed by atoms with Crippen molar-refractivity contribution < 1.29 is 24.1 Å². The number of methoxy groups -OCH3 is 3. The van der Waals surface area contributed by atoms with Gasteiger partial charge in [0.2, 0.25) is 5.75 Å². The zero-order chi connectivity index (χ0) is 16.2. The van der Waals surface area contributed by atoms with Gasteiger partial charge in [-0.15, -0.1) is 0 Å². The molecule has 2 aromatic carbocycles. The van der Waals surface area contributed by atoms with Crippen molar-refractivity contribution in [3.8, 4) is 17.2 Å². The fourth-order valence-electron chi connectivity index (χ4n) is 2.38. The van der Waals surface area contributed by atoms with Crippen molar-refractivity contribution in [1.82, 2.24) is 0 Å². The van der Waals surface area contributed by atoms with Crippen LogP contribution in [-0.2, 0) is 10.4 Å². The van der Waals surface area contributed by atoms with E-state index >= 15 is 0 Å². The molecule has 5 heteroatoms. The van der Waals surface area contributed by atoms with Crippen LogP contribution in [0.3, 0.4) is 0 Å². The fourth-order valence-corrected chi connectivity index (χ4v) is 2.38. The van der Waals surface area contributed by atoms with Crippen molar-refractivity contribution in [2.45, 2.75) is 5.60 Å². The monoisotopic (exact) mass is 302 g/mol. The van der Waals surface area contributed by atoms with E-state index in [1.54, 1.807) is 42.5 Å². The summed E-state index contributed by atoms with van der Waals surface area (Å²) < 4.78 is 15.9. The van der Waals surface area contributed by atoms with Crippen molar-refractivity contribution in [3.63, 3.8) is 0 Å². The lowest BCUT2D eigenvalue weighted by Gasteiger charge is -2.26. The largest absolute Gasteiger partial charge is 0.493 e. The first-order valence-electron chi connectivity index (χ1n) is 6.66. The van der Waals surface area contributed by atoms with Crippen LogP contribution in [-0.4, -0.2) is 32.7 Å². The molecule has 0 aliphatic carbocycles. The Labute approximate surface area is 129 Å². The normalized spacial score (nSPS) is 13.1. The Morgan fingerprint density at radius 2 is 1.55 bits per heavy atom. The third kappa shape index (κ3) is 2.51. The molecule has 116 valence electrons. The molecule has 1 unspecified atom stereocenters. The smallest absolute Gasteiger partial charge is 0.203 e. The fraction of sp³-hybridized carbons (Fsp3) is 0.235. The third-order valence-electron chi connectivity index (χ3n) is 3.50. The van der Waals surface area contributed by atoms with E-state index < -0.39 is 5.60 Å². The van der Waals surface area contributed by atoms with Crippen LogP contribution in [0.4, 0.5) is 0 Å². The number of aldehydes is 1. The third-order valence-corrected chi connectivity index (χ3v) is 3.50.